The second-order valence-electron chi connectivity index (χ2n) is 8.29. The Balaban J connectivity index is 1.43. The minimum Gasteiger partial charge on any atom is -0.322 e. The number of likely N-dealkylation sites (tertiary alicyclic amines) is 1. The van der Waals surface area contributed by atoms with Gasteiger partial charge in [0.05, 0.1) is 22.5 Å². The van der Waals surface area contributed by atoms with Gasteiger partial charge in [-0.25, -0.2) is 9.97 Å². The van der Waals surface area contributed by atoms with Crippen molar-refractivity contribution >= 4 is 34.4 Å². The van der Waals surface area contributed by atoms with E-state index in [9.17, 15) is 18.0 Å². The third-order valence-corrected chi connectivity index (χ3v) is 6.60. The van der Waals surface area contributed by atoms with E-state index in [0.29, 0.717) is 17.1 Å². The molecule has 0 bridgehead atoms. The van der Waals surface area contributed by atoms with Crippen LogP contribution < -0.4 is 5.32 Å². The molecule has 0 radical (unpaired) electrons. The molecule has 1 saturated heterocycles. The number of carbonyl (C=O) groups is 1. The zero-order valence-corrected chi connectivity index (χ0v) is 19.0. The van der Waals surface area contributed by atoms with E-state index in [-0.39, 0.29) is 16.3 Å². The number of piperidine rings is 1. The van der Waals surface area contributed by atoms with E-state index < -0.39 is 17.6 Å². The van der Waals surface area contributed by atoms with Crippen molar-refractivity contribution in [3.8, 4) is 0 Å². The Kier molecular flexibility index (Phi) is 6.90. The summed E-state index contributed by atoms with van der Waals surface area (Å²) >= 11 is 6.45. The first-order chi connectivity index (χ1) is 15.8. The molecule has 2 aromatic heterocycles. The number of pyridine rings is 1. The number of anilines is 1. The first-order valence-electron chi connectivity index (χ1n) is 11.0. The summed E-state index contributed by atoms with van der Waals surface area (Å²) in [5, 5.41) is 2.72. The van der Waals surface area contributed by atoms with Gasteiger partial charge in [0.25, 0.3) is 5.91 Å². The van der Waals surface area contributed by atoms with Gasteiger partial charge in [-0.15, -0.1) is 0 Å². The lowest BCUT2D eigenvalue weighted by Gasteiger charge is -2.31. The van der Waals surface area contributed by atoms with Crippen molar-refractivity contribution in [2.24, 2.45) is 5.92 Å². The van der Waals surface area contributed by atoms with Crippen LogP contribution >= 0.6 is 11.6 Å². The predicted molar refractivity (Wildman–Crippen MR) is 121 cm³/mol. The van der Waals surface area contributed by atoms with E-state index in [1.165, 1.54) is 31.2 Å². The normalized spacial score (nSPS) is 15.8. The van der Waals surface area contributed by atoms with Gasteiger partial charge in [-0.2, -0.15) is 13.2 Å². The lowest BCUT2D eigenvalue weighted by molar-refractivity contribution is -0.137. The van der Waals surface area contributed by atoms with Crippen LogP contribution in [0.5, 0.6) is 0 Å². The second kappa shape index (κ2) is 9.69. The Hall–Kier alpha value is -2.65. The number of hydrogen-bond donors (Lipinski definition) is 1. The van der Waals surface area contributed by atoms with Crippen LogP contribution in [0.1, 0.15) is 42.1 Å². The number of imidazole rings is 1. The number of nitrogens with zero attached hydrogens (tertiary/aromatic N) is 4. The van der Waals surface area contributed by atoms with Crippen LogP contribution in [0.4, 0.5) is 18.9 Å². The molecule has 0 saturated carbocycles. The molecule has 0 spiro atoms. The molecule has 1 aliphatic heterocycles. The fourth-order valence-corrected chi connectivity index (χ4v) is 4.42. The van der Waals surface area contributed by atoms with Crippen LogP contribution in [0.15, 0.2) is 36.8 Å². The van der Waals surface area contributed by atoms with Gasteiger partial charge in [0, 0.05) is 18.4 Å². The molecule has 10 heteroatoms. The third kappa shape index (κ3) is 5.30. The maximum Gasteiger partial charge on any atom is 0.416 e. The molecule has 4 rings (SSSR count). The SMILES string of the molecule is CCN1CCC(CCn2cnc3c(Cl)c(C(=O)Nc4ccc(C(F)(F)F)cc4)cnc32)CC1. The van der Waals surface area contributed by atoms with Gasteiger partial charge in [-0.1, -0.05) is 18.5 Å². The topological polar surface area (TPSA) is 63.1 Å². The average Bonchev–Trinajstić information content (AvgIpc) is 3.22. The predicted octanol–water partition coefficient (Wildman–Crippen LogP) is 5.48. The highest BCUT2D eigenvalue weighted by molar-refractivity contribution is 6.38. The Morgan fingerprint density at radius 3 is 2.52 bits per heavy atom. The number of aromatic nitrogens is 3. The molecule has 176 valence electrons. The molecule has 6 nitrogen and oxygen atoms in total. The van der Waals surface area contributed by atoms with Crippen molar-refractivity contribution in [2.45, 2.75) is 38.9 Å². The molecule has 3 heterocycles. The summed E-state index contributed by atoms with van der Waals surface area (Å²) in [4.78, 5) is 23.9. The highest BCUT2D eigenvalue weighted by atomic mass is 35.5. The fraction of sp³-hybridized carbons (Fsp3) is 0.435. The number of rotatable bonds is 6. The number of alkyl halides is 3. The maximum absolute atomic E-state index is 12.7. The van der Waals surface area contributed by atoms with Crippen molar-refractivity contribution in [3.05, 3.63) is 52.9 Å². The monoisotopic (exact) mass is 479 g/mol. The van der Waals surface area contributed by atoms with E-state index in [1.807, 2.05) is 4.57 Å². The molecule has 1 fully saturated rings. The standard InChI is InChI=1S/C23H25ClF3N5O/c1-2-31-10-7-15(8-11-31)9-12-32-14-29-20-19(24)18(13-28-21(20)32)22(33)30-17-5-3-16(4-6-17)23(25,26)27/h3-6,13-15H,2,7-12H2,1H3,(H,30,33). The average molecular weight is 480 g/mol. The van der Waals surface area contributed by atoms with E-state index >= 15 is 0 Å². The Bertz CT molecular complexity index is 1120. The summed E-state index contributed by atoms with van der Waals surface area (Å²) in [7, 11) is 0. The Labute approximate surface area is 194 Å². The number of amides is 1. The smallest absolute Gasteiger partial charge is 0.322 e. The van der Waals surface area contributed by atoms with Gasteiger partial charge in [0.1, 0.15) is 5.52 Å². The van der Waals surface area contributed by atoms with Crippen LogP contribution in [0.2, 0.25) is 5.02 Å². The largest absolute Gasteiger partial charge is 0.416 e. The van der Waals surface area contributed by atoms with E-state index in [1.54, 1.807) is 6.33 Å². The van der Waals surface area contributed by atoms with Crippen LogP contribution in [-0.2, 0) is 12.7 Å². The van der Waals surface area contributed by atoms with Crippen LogP contribution in [0, 0.1) is 5.92 Å². The van der Waals surface area contributed by atoms with Crippen LogP contribution in [0.25, 0.3) is 11.2 Å². The van der Waals surface area contributed by atoms with Crippen LogP contribution in [-0.4, -0.2) is 45.0 Å². The third-order valence-electron chi connectivity index (χ3n) is 6.22. The highest BCUT2D eigenvalue weighted by Crippen LogP contribution is 2.30. The molecule has 0 atom stereocenters. The first-order valence-corrected chi connectivity index (χ1v) is 11.3. The zero-order chi connectivity index (χ0) is 23.6. The molecule has 1 aliphatic rings. The minimum absolute atomic E-state index is 0.112. The van der Waals surface area contributed by atoms with Crippen LogP contribution in [0.3, 0.4) is 0 Å². The summed E-state index contributed by atoms with van der Waals surface area (Å²) in [6.07, 6.45) is 2.01. The minimum atomic E-state index is -4.44. The quantitative estimate of drug-likeness (QED) is 0.508. The Morgan fingerprint density at radius 1 is 1.18 bits per heavy atom. The summed E-state index contributed by atoms with van der Waals surface area (Å²) in [5.74, 6) is 0.0981. The number of halogens is 4. The molecule has 0 aliphatic carbocycles. The van der Waals surface area contributed by atoms with Gasteiger partial charge in [-0.05, 0) is 69.1 Å². The molecule has 1 aromatic carbocycles. The second-order valence-corrected chi connectivity index (χ2v) is 8.67. The Morgan fingerprint density at radius 2 is 1.88 bits per heavy atom. The summed E-state index contributed by atoms with van der Waals surface area (Å²) in [6, 6.07) is 4.21. The highest BCUT2D eigenvalue weighted by Gasteiger charge is 2.30. The van der Waals surface area contributed by atoms with E-state index in [0.717, 1.165) is 44.7 Å². The maximum atomic E-state index is 12.7. The summed E-state index contributed by atoms with van der Waals surface area (Å²) < 4.78 is 40.1. The number of fused-ring (bicyclic) bond motifs is 1. The fourth-order valence-electron chi connectivity index (χ4n) is 4.15. The summed E-state index contributed by atoms with van der Waals surface area (Å²) in [5.41, 5.74) is 0.586. The molecule has 33 heavy (non-hydrogen) atoms. The molecule has 1 N–H and O–H groups in total. The molecular weight excluding hydrogens is 455 g/mol. The number of benzene rings is 1. The van der Waals surface area contributed by atoms with Crippen molar-refractivity contribution < 1.29 is 18.0 Å². The van der Waals surface area contributed by atoms with Crippen molar-refractivity contribution in [2.75, 3.05) is 25.0 Å². The molecule has 1 amide bonds. The van der Waals surface area contributed by atoms with Gasteiger partial charge in [-0.3, -0.25) is 4.79 Å². The molecule has 3 aromatic rings. The number of hydrogen-bond acceptors (Lipinski definition) is 4. The van der Waals surface area contributed by atoms with Gasteiger partial charge in [0.2, 0.25) is 0 Å². The number of carbonyl (C=O) groups excluding carboxylic acids is 1. The van der Waals surface area contributed by atoms with Crippen molar-refractivity contribution in [1.29, 1.82) is 0 Å². The first kappa shape index (κ1) is 23.5. The van der Waals surface area contributed by atoms with E-state index in [4.69, 9.17) is 11.6 Å². The zero-order valence-electron chi connectivity index (χ0n) is 18.2. The number of nitrogens with one attached hydrogen (secondary N) is 1. The number of aryl methyl sites for hydroxylation is 1. The van der Waals surface area contributed by atoms with E-state index in [2.05, 4.69) is 27.1 Å². The van der Waals surface area contributed by atoms with Gasteiger partial charge < -0.3 is 14.8 Å². The summed E-state index contributed by atoms with van der Waals surface area (Å²) in [6.45, 7) is 6.32. The lowest BCUT2D eigenvalue weighted by atomic mass is 9.93. The van der Waals surface area contributed by atoms with Gasteiger partial charge in [0.15, 0.2) is 5.65 Å². The van der Waals surface area contributed by atoms with Crippen molar-refractivity contribution in [3.63, 3.8) is 0 Å². The lowest BCUT2D eigenvalue weighted by Crippen LogP contribution is -2.33. The van der Waals surface area contributed by atoms with Crippen molar-refractivity contribution in [1.82, 2.24) is 19.4 Å². The van der Waals surface area contributed by atoms with Gasteiger partial charge >= 0.3 is 6.18 Å². The molecular formula is C23H25ClF3N5O. The molecule has 0 unspecified atom stereocenters.